The monoisotopic (exact) mass is 262 g/mol. The molecule has 0 aromatic rings. The number of rotatable bonds is 3. The second-order valence-electron chi connectivity index (χ2n) is 4.89. The molecule has 2 aliphatic heterocycles. The molecule has 0 aliphatic carbocycles. The van der Waals surface area contributed by atoms with Gasteiger partial charge in [-0.15, -0.1) is 0 Å². The predicted molar refractivity (Wildman–Crippen MR) is 57.3 cm³/mol. The van der Waals surface area contributed by atoms with Crippen LogP contribution in [0.2, 0.25) is 0 Å². The van der Waals surface area contributed by atoms with E-state index in [4.69, 9.17) is 24.1 Å². The van der Waals surface area contributed by atoms with Gasteiger partial charge in [0, 0.05) is 6.92 Å². The number of fused-ring (bicyclic) bond motifs is 1. The van der Waals surface area contributed by atoms with Crippen LogP contribution in [0, 0.1) is 0 Å². The number of aliphatic hydroxyl groups is 2. The maximum absolute atomic E-state index is 11.1. The van der Waals surface area contributed by atoms with Crippen LogP contribution in [0.1, 0.15) is 20.8 Å². The fraction of sp³-hybridized carbons (Fsp3) is 0.909. The first-order valence-electron chi connectivity index (χ1n) is 5.81. The molecule has 0 saturated carbocycles. The first kappa shape index (κ1) is 13.7. The lowest BCUT2D eigenvalue weighted by Crippen LogP contribution is -2.44. The van der Waals surface area contributed by atoms with E-state index in [1.165, 1.54) is 6.92 Å². The molecule has 2 fully saturated rings. The fourth-order valence-electron chi connectivity index (χ4n) is 2.24. The minimum absolute atomic E-state index is 0.495. The summed E-state index contributed by atoms with van der Waals surface area (Å²) in [7, 11) is 0. The summed E-state index contributed by atoms with van der Waals surface area (Å²) in [6.45, 7) is 4.20. The molecule has 2 heterocycles. The Morgan fingerprint density at radius 2 is 2.11 bits per heavy atom. The summed E-state index contributed by atoms with van der Waals surface area (Å²) in [6, 6.07) is 0. The number of esters is 1. The van der Waals surface area contributed by atoms with Crippen molar-refractivity contribution in [3.63, 3.8) is 0 Å². The molecule has 104 valence electrons. The molecule has 7 heteroatoms. The number of ether oxygens (including phenoxy) is 4. The average Bonchev–Trinajstić information content (AvgIpc) is 2.71. The molecule has 0 unspecified atom stereocenters. The van der Waals surface area contributed by atoms with Gasteiger partial charge in [-0.3, -0.25) is 4.79 Å². The van der Waals surface area contributed by atoms with Gasteiger partial charge < -0.3 is 29.2 Å². The van der Waals surface area contributed by atoms with Crippen LogP contribution >= 0.6 is 0 Å². The normalized spacial score (nSPS) is 39.4. The highest BCUT2D eigenvalue weighted by atomic mass is 16.8. The zero-order valence-corrected chi connectivity index (χ0v) is 10.5. The third kappa shape index (κ3) is 2.50. The van der Waals surface area contributed by atoms with E-state index in [0.29, 0.717) is 0 Å². The predicted octanol–water partition coefficient (Wildman–Crippen LogP) is -0.852. The fourth-order valence-corrected chi connectivity index (χ4v) is 2.24. The first-order valence-corrected chi connectivity index (χ1v) is 5.81. The Kier molecular flexibility index (Phi) is 3.61. The number of aliphatic hydroxyl groups excluding tert-OH is 2. The van der Waals surface area contributed by atoms with Crippen LogP contribution in [0.3, 0.4) is 0 Å². The highest BCUT2D eigenvalue weighted by Gasteiger charge is 2.57. The number of hydrogen-bond acceptors (Lipinski definition) is 7. The molecule has 0 bridgehead atoms. The van der Waals surface area contributed by atoms with Gasteiger partial charge in [-0.1, -0.05) is 0 Å². The van der Waals surface area contributed by atoms with Gasteiger partial charge in [0.05, 0.1) is 6.61 Å². The van der Waals surface area contributed by atoms with Gasteiger partial charge in [-0.05, 0) is 13.8 Å². The molecule has 2 aliphatic rings. The van der Waals surface area contributed by atoms with Gasteiger partial charge in [-0.25, -0.2) is 0 Å². The van der Waals surface area contributed by atoms with Crippen LogP contribution in [-0.2, 0) is 23.7 Å². The molecule has 2 rings (SSSR count). The van der Waals surface area contributed by atoms with Gasteiger partial charge in [-0.2, -0.15) is 0 Å². The Morgan fingerprint density at radius 3 is 2.67 bits per heavy atom. The quantitative estimate of drug-likeness (QED) is 0.639. The van der Waals surface area contributed by atoms with Crippen molar-refractivity contribution in [2.75, 3.05) is 6.61 Å². The third-order valence-corrected chi connectivity index (χ3v) is 2.90. The van der Waals surface area contributed by atoms with Crippen LogP contribution in [0.25, 0.3) is 0 Å². The maximum Gasteiger partial charge on any atom is 0.303 e. The second-order valence-corrected chi connectivity index (χ2v) is 4.89. The summed E-state index contributed by atoms with van der Waals surface area (Å²) < 4.78 is 21.6. The van der Waals surface area contributed by atoms with E-state index in [1.807, 2.05) is 0 Å². The lowest BCUT2D eigenvalue weighted by atomic mass is 10.1. The lowest BCUT2D eigenvalue weighted by molar-refractivity contribution is -0.230. The van der Waals surface area contributed by atoms with Gasteiger partial charge >= 0.3 is 5.97 Å². The molecule has 0 amide bonds. The number of hydrogen-bond donors (Lipinski definition) is 2. The van der Waals surface area contributed by atoms with E-state index in [-0.39, 0.29) is 0 Å². The van der Waals surface area contributed by atoms with Gasteiger partial charge in [0.25, 0.3) is 0 Å². The third-order valence-electron chi connectivity index (χ3n) is 2.90. The zero-order valence-electron chi connectivity index (χ0n) is 10.5. The Morgan fingerprint density at radius 1 is 1.44 bits per heavy atom. The van der Waals surface area contributed by atoms with Crippen molar-refractivity contribution in [3.8, 4) is 0 Å². The van der Waals surface area contributed by atoms with Crippen molar-refractivity contribution < 1.29 is 34.0 Å². The van der Waals surface area contributed by atoms with Crippen LogP contribution in [0.4, 0.5) is 0 Å². The summed E-state index contributed by atoms with van der Waals surface area (Å²) in [6.07, 6.45) is -4.12. The summed E-state index contributed by atoms with van der Waals surface area (Å²) >= 11 is 0. The Labute approximate surface area is 105 Å². The standard InChI is InChI=1S/C11H18O7/c1-5(13)15-8-7(6(14)4-12)16-10-9(8)17-11(2,3)18-10/h6-10,12,14H,4H2,1-3H3/t6-,7-,8+,9-,10-/m1/s1. The van der Waals surface area contributed by atoms with E-state index >= 15 is 0 Å². The summed E-state index contributed by atoms with van der Waals surface area (Å²) in [4.78, 5) is 11.1. The largest absolute Gasteiger partial charge is 0.457 e. The smallest absolute Gasteiger partial charge is 0.303 e. The molecule has 0 spiro atoms. The number of carbonyl (C=O) groups excluding carboxylic acids is 1. The molecule has 18 heavy (non-hydrogen) atoms. The first-order chi connectivity index (χ1) is 8.34. The van der Waals surface area contributed by atoms with Gasteiger partial charge in [0.1, 0.15) is 12.2 Å². The van der Waals surface area contributed by atoms with Crippen LogP contribution < -0.4 is 0 Å². The van der Waals surface area contributed by atoms with Crippen molar-refractivity contribution in [2.24, 2.45) is 0 Å². The van der Waals surface area contributed by atoms with E-state index in [1.54, 1.807) is 13.8 Å². The van der Waals surface area contributed by atoms with E-state index < -0.39 is 49.1 Å². The van der Waals surface area contributed by atoms with Crippen molar-refractivity contribution in [3.05, 3.63) is 0 Å². The van der Waals surface area contributed by atoms with Crippen LogP contribution in [0.5, 0.6) is 0 Å². The summed E-state index contributed by atoms with van der Waals surface area (Å²) in [5, 5.41) is 18.6. The average molecular weight is 262 g/mol. The molecule has 7 nitrogen and oxygen atoms in total. The lowest BCUT2D eigenvalue weighted by Gasteiger charge is -2.27. The van der Waals surface area contributed by atoms with Crippen LogP contribution in [-0.4, -0.2) is 59.3 Å². The highest BCUT2D eigenvalue weighted by Crippen LogP contribution is 2.39. The SMILES string of the molecule is CC(=O)O[C@@H]1[C@H]2OC(C)(C)O[C@H]2O[C@@H]1[C@H](O)CO. The van der Waals surface area contributed by atoms with Crippen LogP contribution in [0.15, 0.2) is 0 Å². The molecule has 0 aromatic carbocycles. The molecule has 2 N–H and O–H groups in total. The van der Waals surface area contributed by atoms with Crippen molar-refractivity contribution in [1.29, 1.82) is 0 Å². The Bertz CT molecular complexity index is 329. The second kappa shape index (κ2) is 4.75. The van der Waals surface area contributed by atoms with Crippen molar-refractivity contribution in [2.45, 2.75) is 57.3 Å². The van der Waals surface area contributed by atoms with Crippen molar-refractivity contribution in [1.82, 2.24) is 0 Å². The van der Waals surface area contributed by atoms with E-state index in [9.17, 15) is 9.90 Å². The molecular formula is C11H18O7. The highest BCUT2D eigenvalue weighted by molar-refractivity contribution is 5.66. The summed E-state index contributed by atoms with van der Waals surface area (Å²) in [5.41, 5.74) is 0. The minimum atomic E-state index is -1.16. The van der Waals surface area contributed by atoms with Crippen molar-refractivity contribution >= 4 is 5.97 Å². The minimum Gasteiger partial charge on any atom is -0.457 e. The van der Waals surface area contributed by atoms with E-state index in [2.05, 4.69) is 0 Å². The molecule has 2 saturated heterocycles. The topological polar surface area (TPSA) is 94.5 Å². The number of carbonyl (C=O) groups is 1. The van der Waals surface area contributed by atoms with Gasteiger partial charge in [0.15, 0.2) is 24.3 Å². The molecule has 0 aromatic heterocycles. The molecular weight excluding hydrogens is 244 g/mol. The molecule has 5 atom stereocenters. The van der Waals surface area contributed by atoms with E-state index in [0.717, 1.165) is 0 Å². The zero-order chi connectivity index (χ0) is 13.5. The van der Waals surface area contributed by atoms with Gasteiger partial charge in [0.2, 0.25) is 0 Å². The molecule has 0 radical (unpaired) electrons. The maximum atomic E-state index is 11.1. The Balaban J connectivity index is 2.14. The summed E-state index contributed by atoms with van der Waals surface area (Å²) in [5.74, 6) is -1.34. The Hall–Kier alpha value is -0.730.